The van der Waals surface area contributed by atoms with Gasteiger partial charge in [-0.3, -0.25) is 39.4 Å². The maximum Gasteiger partial charge on any atom is 0.330 e. The highest BCUT2D eigenvalue weighted by Crippen LogP contribution is 2.59. The van der Waals surface area contributed by atoms with E-state index in [-0.39, 0.29) is 64.8 Å². The number of thioether (sulfide) groups is 2. The number of ether oxygens (including phenoxy) is 6. The van der Waals surface area contributed by atoms with Gasteiger partial charge in [0.1, 0.15) is 17.1 Å². The Labute approximate surface area is 317 Å². The average molecular weight is 791 g/mol. The lowest BCUT2D eigenvalue weighted by atomic mass is 9.96. The van der Waals surface area contributed by atoms with Crippen molar-refractivity contribution in [2.45, 2.75) is 63.2 Å². The summed E-state index contributed by atoms with van der Waals surface area (Å²) in [5, 5.41) is 3.95. The summed E-state index contributed by atoms with van der Waals surface area (Å²) in [4.78, 5) is 110. The molecule has 0 saturated carbocycles. The quantitative estimate of drug-likeness (QED) is 0.0713. The number of fused-ring (bicyclic) bond motifs is 1. The van der Waals surface area contributed by atoms with Gasteiger partial charge in [-0.15, -0.1) is 0 Å². The zero-order chi connectivity index (χ0) is 40.2. The van der Waals surface area contributed by atoms with Gasteiger partial charge in [-0.1, -0.05) is 64.4 Å². The fourth-order valence-corrected chi connectivity index (χ4v) is 6.70. The Bertz CT molecular complexity index is 1670. The molecule has 17 nitrogen and oxygen atoms in total. The third kappa shape index (κ3) is 13.2. The lowest BCUT2D eigenvalue weighted by molar-refractivity contribution is -0.153. The van der Waals surface area contributed by atoms with Gasteiger partial charge >= 0.3 is 41.8 Å². The van der Waals surface area contributed by atoms with E-state index in [1.54, 1.807) is 27.7 Å². The van der Waals surface area contributed by atoms with Gasteiger partial charge in [0.2, 0.25) is 0 Å². The van der Waals surface area contributed by atoms with Crippen LogP contribution in [-0.4, -0.2) is 80.1 Å². The molecule has 0 atom stereocenters. The van der Waals surface area contributed by atoms with Crippen molar-refractivity contribution in [2.24, 2.45) is 10.8 Å². The number of urea groups is 1. The molecule has 290 valence electrons. The Hall–Kier alpha value is -5.43. The summed E-state index contributed by atoms with van der Waals surface area (Å²) in [6.07, 6.45) is 0.501. The fraction of sp³-hybridized carbons (Fsp3) is 0.400. The van der Waals surface area contributed by atoms with Gasteiger partial charge in [-0.2, -0.15) is 0 Å². The van der Waals surface area contributed by atoms with Crippen LogP contribution in [0.25, 0.3) is 0 Å². The van der Waals surface area contributed by atoms with Crippen LogP contribution in [0.15, 0.2) is 57.0 Å². The van der Waals surface area contributed by atoms with Gasteiger partial charge in [-0.25, -0.2) is 14.4 Å². The van der Waals surface area contributed by atoms with Crippen molar-refractivity contribution in [1.82, 2.24) is 10.6 Å². The molecule has 3 rings (SSSR count). The van der Waals surface area contributed by atoms with Gasteiger partial charge in [-0.05, 0) is 12.1 Å². The first-order chi connectivity index (χ1) is 25.3. The molecule has 1 aromatic carbocycles. The normalized spacial score (nSPS) is 13.8. The molecule has 2 aliphatic rings. The van der Waals surface area contributed by atoms with Crippen LogP contribution in [0.4, 0.5) is 4.79 Å². The molecule has 1 saturated heterocycles. The van der Waals surface area contributed by atoms with Crippen LogP contribution in [0.1, 0.15) is 53.4 Å². The number of esters is 6. The second-order valence-electron chi connectivity index (χ2n) is 13.0. The van der Waals surface area contributed by atoms with E-state index < -0.39 is 82.9 Å². The average Bonchev–Trinajstić information content (AvgIpc) is 3.55. The summed E-state index contributed by atoms with van der Waals surface area (Å²) in [5.41, 5.74) is -1.84. The minimum Gasteiger partial charge on any atom is -0.465 e. The zero-order valence-corrected chi connectivity index (χ0v) is 31.5. The number of nitrogens with one attached hydrogen (secondary N) is 2. The van der Waals surface area contributed by atoms with Crippen molar-refractivity contribution >= 4 is 77.2 Å². The molecule has 19 heteroatoms. The number of benzene rings is 1. The maximum atomic E-state index is 12.8. The van der Waals surface area contributed by atoms with Gasteiger partial charge in [0.05, 0.1) is 66.1 Å². The van der Waals surface area contributed by atoms with E-state index in [1.807, 2.05) is 10.6 Å². The molecule has 0 bridgehead atoms. The van der Waals surface area contributed by atoms with Crippen LogP contribution in [0.2, 0.25) is 0 Å². The molecule has 54 heavy (non-hydrogen) atoms. The number of barbiturate groups is 1. The number of hydrogen-bond acceptors (Lipinski definition) is 17. The number of rotatable bonds is 18. The first-order valence-electron chi connectivity index (χ1n) is 16.1. The van der Waals surface area contributed by atoms with Gasteiger partial charge in [0.25, 0.3) is 11.8 Å². The predicted octanol–water partition coefficient (Wildman–Crippen LogP) is 3.43. The van der Waals surface area contributed by atoms with Crippen LogP contribution >= 0.6 is 23.5 Å². The summed E-state index contributed by atoms with van der Waals surface area (Å²) < 4.78 is 31.5. The highest BCUT2D eigenvalue weighted by Gasteiger charge is 2.37. The Morgan fingerprint density at radius 2 is 0.963 bits per heavy atom. The number of amides is 4. The third-order valence-corrected chi connectivity index (χ3v) is 9.47. The van der Waals surface area contributed by atoms with E-state index in [0.717, 1.165) is 35.7 Å². The Morgan fingerprint density at radius 1 is 0.611 bits per heavy atom. The van der Waals surface area contributed by atoms with E-state index in [1.165, 1.54) is 12.1 Å². The molecule has 4 amide bonds. The van der Waals surface area contributed by atoms with Crippen LogP contribution in [0, 0.1) is 10.8 Å². The summed E-state index contributed by atoms with van der Waals surface area (Å²) >= 11 is 1.67. The van der Waals surface area contributed by atoms with E-state index >= 15 is 0 Å². The van der Waals surface area contributed by atoms with Crippen molar-refractivity contribution in [3.63, 3.8) is 0 Å². The van der Waals surface area contributed by atoms with Crippen LogP contribution in [0.3, 0.4) is 0 Å². The molecular weight excluding hydrogens is 753 g/mol. The van der Waals surface area contributed by atoms with Crippen LogP contribution in [-0.2, 0) is 57.3 Å². The molecule has 2 heterocycles. The maximum absolute atomic E-state index is 12.8. The molecule has 2 N–H and O–H groups in total. The van der Waals surface area contributed by atoms with E-state index in [9.17, 15) is 43.2 Å². The summed E-state index contributed by atoms with van der Waals surface area (Å²) in [5.74, 6) is -6.46. The van der Waals surface area contributed by atoms with E-state index in [4.69, 9.17) is 28.4 Å². The second-order valence-corrected chi connectivity index (χ2v) is 15.3. The molecule has 2 aliphatic heterocycles. The fourth-order valence-electron chi connectivity index (χ4n) is 4.03. The Balaban J connectivity index is 1.68. The lowest BCUT2D eigenvalue weighted by Crippen LogP contribution is -2.51. The van der Waals surface area contributed by atoms with Crippen molar-refractivity contribution < 1.29 is 71.6 Å². The molecular formula is C35H38N2O15S2. The standard InChI is InChI=1S/C35H38N2O15S2/c1-7-21(38)47-15-34(3,4)17-49-23(40)11-13-25(42)51-19-9-10-20(29-28(19)53-32(54-29)27-30(44)36-33(46)37-31(27)45)52-26(43)14-12-24(41)50-18-35(5,6)16-48-22(39)8-2/h7-10H,1-2,11-18H2,3-6H3,(H2,36,37,44,45,46). The molecule has 0 aliphatic carbocycles. The van der Waals surface area contributed by atoms with Crippen molar-refractivity contribution in [3.8, 4) is 11.5 Å². The SMILES string of the molecule is C=CC(=O)OCC(C)(C)COC(=O)CCC(=O)Oc1ccc(OC(=O)CCC(=O)OCC(C)(C)COC(=O)C=C)c2c1SC(=C1C(=O)NC(=O)NC1=O)S2. The van der Waals surface area contributed by atoms with Crippen molar-refractivity contribution in [2.75, 3.05) is 26.4 Å². The number of hydrogen-bond donors (Lipinski definition) is 2. The Kier molecular flexibility index (Phi) is 15.2. The third-order valence-electron chi connectivity index (χ3n) is 6.85. The first kappa shape index (κ1) is 43.0. The van der Waals surface area contributed by atoms with E-state index in [2.05, 4.69) is 13.2 Å². The molecule has 1 aromatic rings. The largest absolute Gasteiger partial charge is 0.465 e. The number of carbonyl (C=O) groups is 9. The second kappa shape index (κ2) is 19.1. The molecule has 0 aromatic heterocycles. The minimum absolute atomic E-state index is 0.0416. The lowest BCUT2D eigenvalue weighted by Gasteiger charge is -2.23. The zero-order valence-electron chi connectivity index (χ0n) is 29.8. The minimum atomic E-state index is -1.01. The molecule has 1 fully saturated rings. The highest BCUT2D eigenvalue weighted by molar-refractivity contribution is 8.25. The summed E-state index contributed by atoms with van der Waals surface area (Å²) in [6, 6.07) is 1.58. The van der Waals surface area contributed by atoms with Crippen molar-refractivity contribution in [1.29, 1.82) is 0 Å². The topological polar surface area (TPSA) is 233 Å². The smallest absolute Gasteiger partial charge is 0.330 e. The predicted molar refractivity (Wildman–Crippen MR) is 188 cm³/mol. The number of imide groups is 2. The highest BCUT2D eigenvalue weighted by atomic mass is 32.2. The summed E-state index contributed by atoms with van der Waals surface area (Å²) in [7, 11) is 0. The van der Waals surface area contributed by atoms with Crippen LogP contribution < -0.4 is 20.1 Å². The van der Waals surface area contributed by atoms with Gasteiger partial charge in [0, 0.05) is 23.0 Å². The monoisotopic (exact) mass is 790 g/mol. The molecule has 0 radical (unpaired) electrons. The van der Waals surface area contributed by atoms with E-state index in [0.29, 0.717) is 0 Å². The van der Waals surface area contributed by atoms with Gasteiger partial charge in [0.15, 0.2) is 0 Å². The molecule has 0 unspecified atom stereocenters. The van der Waals surface area contributed by atoms with Crippen molar-refractivity contribution in [3.05, 3.63) is 47.3 Å². The molecule has 0 spiro atoms. The Morgan fingerprint density at radius 3 is 1.33 bits per heavy atom. The first-order valence-corrected chi connectivity index (χ1v) is 17.7. The van der Waals surface area contributed by atoms with Gasteiger partial charge < -0.3 is 28.4 Å². The van der Waals surface area contributed by atoms with Crippen LogP contribution in [0.5, 0.6) is 11.5 Å². The number of carbonyl (C=O) groups excluding carboxylic acids is 9. The summed E-state index contributed by atoms with van der Waals surface area (Å²) in [6.45, 7) is 13.1.